The monoisotopic (exact) mass is 307 g/mol. The molecule has 7 nitrogen and oxygen atoms in total. The Morgan fingerprint density at radius 1 is 1.55 bits per heavy atom. The molecule has 1 aliphatic rings. The number of hydrogen-bond donors (Lipinski definition) is 2. The number of nitrogens with zero attached hydrogens (tertiary/aromatic N) is 3. The van der Waals surface area contributed by atoms with Crippen LogP contribution in [0.1, 0.15) is 50.6 Å². The van der Waals surface area contributed by atoms with Crippen LogP contribution in [0, 0.1) is 0 Å². The minimum Gasteiger partial charge on any atom is -0.352 e. The van der Waals surface area contributed by atoms with Gasteiger partial charge in [0, 0.05) is 25.4 Å². The highest BCUT2D eigenvalue weighted by Gasteiger charge is 2.34. The lowest BCUT2D eigenvalue weighted by atomic mass is 10.1. The van der Waals surface area contributed by atoms with Crippen molar-refractivity contribution in [1.82, 2.24) is 20.0 Å². The van der Waals surface area contributed by atoms with Crippen LogP contribution in [0.2, 0.25) is 0 Å². The Labute approximate surface area is 130 Å². The number of carbonyl (C=O) groups excluding carboxylic acids is 2. The molecule has 0 spiro atoms. The smallest absolute Gasteiger partial charge is 0.312 e. The second-order valence-corrected chi connectivity index (χ2v) is 5.84. The van der Waals surface area contributed by atoms with E-state index in [0.29, 0.717) is 13.0 Å². The predicted octanol–water partition coefficient (Wildman–Crippen LogP) is 1.31. The Morgan fingerprint density at radius 3 is 2.91 bits per heavy atom. The molecule has 3 N–H and O–H groups in total. The second-order valence-electron chi connectivity index (χ2n) is 5.84. The van der Waals surface area contributed by atoms with Gasteiger partial charge in [-0.1, -0.05) is 19.8 Å². The van der Waals surface area contributed by atoms with Gasteiger partial charge in [0.2, 0.25) is 5.91 Å². The summed E-state index contributed by atoms with van der Waals surface area (Å²) >= 11 is 0. The summed E-state index contributed by atoms with van der Waals surface area (Å²) in [6.07, 6.45) is 8.10. The topological polar surface area (TPSA) is 93.2 Å². The van der Waals surface area contributed by atoms with Crippen molar-refractivity contribution in [3.63, 3.8) is 0 Å². The van der Waals surface area contributed by atoms with E-state index in [2.05, 4.69) is 17.3 Å². The number of rotatable bonds is 6. The maximum absolute atomic E-state index is 12.8. The maximum atomic E-state index is 12.8. The predicted molar refractivity (Wildman–Crippen MR) is 82.9 cm³/mol. The average Bonchev–Trinajstić information content (AvgIpc) is 3.10. The third kappa shape index (κ3) is 3.78. The van der Waals surface area contributed by atoms with Gasteiger partial charge in [0.05, 0.1) is 12.2 Å². The van der Waals surface area contributed by atoms with Gasteiger partial charge >= 0.3 is 6.03 Å². The Morgan fingerprint density at radius 2 is 2.32 bits per heavy atom. The number of carbonyl (C=O) groups is 2. The third-order valence-corrected chi connectivity index (χ3v) is 4.11. The van der Waals surface area contributed by atoms with E-state index >= 15 is 0 Å². The molecule has 3 amide bonds. The van der Waals surface area contributed by atoms with Crippen LogP contribution >= 0.6 is 0 Å². The van der Waals surface area contributed by atoms with Crippen molar-refractivity contribution >= 4 is 11.9 Å². The van der Waals surface area contributed by atoms with Gasteiger partial charge in [0.1, 0.15) is 6.04 Å². The van der Waals surface area contributed by atoms with E-state index in [1.807, 2.05) is 18.1 Å². The molecule has 1 aromatic heterocycles. The first-order chi connectivity index (χ1) is 10.5. The average molecular weight is 307 g/mol. The molecule has 0 bridgehead atoms. The number of urea groups is 1. The van der Waals surface area contributed by atoms with Gasteiger partial charge in [0.15, 0.2) is 0 Å². The molecule has 1 fully saturated rings. The van der Waals surface area contributed by atoms with Crippen LogP contribution in [0.3, 0.4) is 0 Å². The fraction of sp³-hybridized carbons (Fsp3) is 0.667. The van der Waals surface area contributed by atoms with Crippen molar-refractivity contribution in [2.45, 2.75) is 51.1 Å². The van der Waals surface area contributed by atoms with E-state index in [1.54, 1.807) is 10.9 Å². The molecule has 1 aromatic rings. The van der Waals surface area contributed by atoms with Crippen LogP contribution in [0.5, 0.6) is 0 Å². The summed E-state index contributed by atoms with van der Waals surface area (Å²) < 4.78 is 1.74. The molecular weight excluding hydrogens is 282 g/mol. The Balaban J connectivity index is 2.11. The highest BCUT2D eigenvalue weighted by molar-refractivity contribution is 5.87. The molecule has 0 radical (unpaired) electrons. The van der Waals surface area contributed by atoms with Crippen molar-refractivity contribution in [2.24, 2.45) is 12.8 Å². The number of likely N-dealkylation sites (tertiary alicyclic amines) is 1. The van der Waals surface area contributed by atoms with Crippen molar-refractivity contribution in [3.05, 3.63) is 18.0 Å². The molecule has 22 heavy (non-hydrogen) atoms. The second kappa shape index (κ2) is 7.29. The van der Waals surface area contributed by atoms with Crippen LogP contribution in [-0.4, -0.2) is 39.2 Å². The zero-order chi connectivity index (χ0) is 16.1. The van der Waals surface area contributed by atoms with Gasteiger partial charge in [-0.15, -0.1) is 0 Å². The molecule has 0 saturated carbocycles. The molecule has 122 valence electrons. The zero-order valence-electron chi connectivity index (χ0n) is 13.3. The van der Waals surface area contributed by atoms with Crippen molar-refractivity contribution in [3.8, 4) is 0 Å². The summed E-state index contributed by atoms with van der Waals surface area (Å²) in [5.74, 6) is -0.0430. The van der Waals surface area contributed by atoms with Crippen molar-refractivity contribution in [2.75, 3.05) is 6.54 Å². The number of nitrogens with two attached hydrogens (primary N) is 1. The molecule has 2 rings (SSSR count). The lowest BCUT2D eigenvalue weighted by Gasteiger charge is -2.28. The largest absolute Gasteiger partial charge is 0.352 e. The zero-order valence-corrected chi connectivity index (χ0v) is 13.3. The minimum absolute atomic E-state index is 0.0417. The van der Waals surface area contributed by atoms with E-state index in [1.165, 1.54) is 0 Å². The Bertz CT molecular complexity index is 528. The van der Waals surface area contributed by atoms with E-state index in [9.17, 15) is 9.59 Å². The van der Waals surface area contributed by atoms with E-state index < -0.39 is 12.1 Å². The van der Waals surface area contributed by atoms with Crippen LogP contribution in [0.15, 0.2) is 12.4 Å². The molecule has 2 atom stereocenters. The molecule has 2 heterocycles. The summed E-state index contributed by atoms with van der Waals surface area (Å²) in [5.41, 5.74) is 6.26. The number of unbranched alkanes of at least 4 members (excludes halogenated alkanes) is 1. The number of aryl methyl sites for hydroxylation is 1. The Kier molecular flexibility index (Phi) is 5.41. The maximum Gasteiger partial charge on any atom is 0.312 e. The van der Waals surface area contributed by atoms with Gasteiger partial charge in [-0.2, -0.15) is 5.10 Å². The fourth-order valence-electron chi connectivity index (χ4n) is 3.03. The molecule has 0 aliphatic carbocycles. The number of primary amides is 1. The third-order valence-electron chi connectivity index (χ3n) is 4.11. The quantitative estimate of drug-likeness (QED) is 0.829. The van der Waals surface area contributed by atoms with Crippen LogP contribution in [-0.2, 0) is 11.8 Å². The molecule has 0 unspecified atom stereocenters. The van der Waals surface area contributed by atoms with Gasteiger partial charge in [-0.25, -0.2) is 4.79 Å². The van der Waals surface area contributed by atoms with Crippen LogP contribution < -0.4 is 11.1 Å². The van der Waals surface area contributed by atoms with E-state index in [-0.39, 0.29) is 11.9 Å². The summed E-state index contributed by atoms with van der Waals surface area (Å²) in [4.78, 5) is 25.8. The normalized spacial score (nSPS) is 19.2. The highest BCUT2D eigenvalue weighted by Crippen LogP contribution is 2.32. The van der Waals surface area contributed by atoms with Gasteiger partial charge in [-0.3, -0.25) is 9.48 Å². The molecule has 1 aliphatic heterocycles. The lowest BCUT2D eigenvalue weighted by Crippen LogP contribution is -2.49. The number of aromatic nitrogens is 2. The SMILES string of the molecule is CCCC[C@@H](NC(N)=O)C(=O)N1CCC[C@H]1c1cnn(C)c1. The number of hydrogen-bond acceptors (Lipinski definition) is 3. The van der Waals surface area contributed by atoms with Crippen LogP contribution in [0.4, 0.5) is 4.79 Å². The van der Waals surface area contributed by atoms with Gasteiger partial charge in [0.25, 0.3) is 0 Å². The first kappa shape index (κ1) is 16.3. The fourth-order valence-corrected chi connectivity index (χ4v) is 3.03. The summed E-state index contributed by atoms with van der Waals surface area (Å²) in [7, 11) is 1.86. The molecule has 7 heteroatoms. The molecular formula is C15H25N5O2. The van der Waals surface area contributed by atoms with Crippen LogP contribution in [0.25, 0.3) is 0 Å². The number of amides is 3. The van der Waals surface area contributed by atoms with Gasteiger partial charge < -0.3 is 16.0 Å². The summed E-state index contributed by atoms with van der Waals surface area (Å²) in [5, 5.41) is 6.78. The summed E-state index contributed by atoms with van der Waals surface area (Å²) in [6.45, 7) is 2.77. The van der Waals surface area contributed by atoms with E-state index in [0.717, 1.165) is 31.2 Å². The van der Waals surface area contributed by atoms with E-state index in [4.69, 9.17) is 5.73 Å². The Hall–Kier alpha value is -2.05. The highest BCUT2D eigenvalue weighted by atomic mass is 16.2. The molecule has 0 aromatic carbocycles. The van der Waals surface area contributed by atoms with Crippen molar-refractivity contribution < 1.29 is 9.59 Å². The van der Waals surface area contributed by atoms with Crippen molar-refractivity contribution in [1.29, 1.82) is 0 Å². The lowest BCUT2D eigenvalue weighted by molar-refractivity contribution is -0.134. The molecule has 1 saturated heterocycles. The minimum atomic E-state index is -0.647. The van der Waals surface area contributed by atoms with Gasteiger partial charge in [-0.05, 0) is 19.3 Å². The first-order valence-electron chi connectivity index (χ1n) is 7.88. The standard InChI is InChI=1S/C15H25N5O2/c1-3-4-6-12(18-15(16)22)14(21)20-8-5-7-13(20)11-9-17-19(2)10-11/h9-10,12-13H,3-8H2,1-2H3,(H3,16,18,22)/t12-,13+/m1/s1. The summed E-state index contributed by atoms with van der Waals surface area (Å²) in [6, 6.07) is -1.14. The first-order valence-corrected chi connectivity index (χ1v) is 7.88. The number of nitrogens with one attached hydrogen (secondary N) is 1.